The first-order valence-corrected chi connectivity index (χ1v) is 8.95. The van der Waals surface area contributed by atoms with Crippen LogP contribution < -0.4 is 10.1 Å². The van der Waals surface area contributed by atoms with Gasteiger partial charge in [-0.1, -0.05) is 12.1 Å². The highest BCUT2D eigenvalue weighted by atomic mass is 127. The number of hydrogen-bond donors (Lipinski definition) is 1. The molecule has 0 aliphatic rings. The van der Waals surface area contributed by atoms with E-state index in [4.69, 9.17) is 4.74 Å². The van der Waals surface area contributed by atoms with Crippen LogP contribution in [0.5, 0.6) is 11.6 Å². The largest absolute Gasteiger partial charge is 0.439 e. The highest BCUT2D eigenvalue weighted by Gasteiger charge is 2.08. The Labute approximate surface area is 187 Å². The normalized spacial score (nSPS) is 11.0. The van der Waals surface area contributed by atoms with Crippen molar-refractivity contribution < 1.29 is 9.13 Å². The van der Waals surface area contributed by atoms with Crippen LogP contribution in [0, 0.1) is 5.82 Å². The number of halogens is 2. The summed E-state index contributed by atoms with van der Waals surface area (Å²) in [5.41, 5.74) is 2.19. The molecule has 6 nitrogen and oxygen atoms in total. The lowest BCUT2D eigenvalue weighted by Gasteiger charge is -2.22. The Bertz CT molecular complexity index is 942. The smallest absolute Gasteiger partial charge is 0.219 e. The number of aryl methyl sites for hydroxylation is 1. The van der Waals surface area contributed by atoms with Gasteiger partial charge in [-0.05, 0) is 29.8 Å². The van der Waals surface area contributed by atoms with E-state index in [9.17, 15) is 4.39 Å². The second-order valence-corrected chi connectivity index (χ2v) is 6.43. The molecule has 0 atom stereocenters. The summed E-state index contributed by atoms with van der Waals surface area (Å²) in [6.45, 7) is 1.33. The predicted molar refractivity (Wildman–Crippen MR) is 123 cm³/mol. The summed E-state index contributed by atoms with van der Waals surface area (Å²) in [7, 11) is 5.78. The van der Waals surface area contributed by atoms with Gasteiger partial charge in [-0.15, -0.1) is 24.0 Å². The fraction of sp³-hybridized carbons (Fsp3) is 0.238. The zero-order valence-corrected chi connectivity index (χ0v) is 19.0. The molecule has 0 spiro atoms. The summed E-state index contributed by atoms with van der Waals surface area (Å²) in [5.74, 6) is 1.28. The van der Waals surface area contributed by atoms with Crippen molar-refractivity contribution in [3.05, 3.63) is 78.0 Å². The molecule has 0 radical (unpaired) electrons. The maximum absolute atomic E-state index is 13.2. The van der Waals surface area contributed by atoms with Gasteiger partial charge in [0.15, 0.2) is 5.96 Å². The molecule has 0 aliphatic carbocycles. The number of benzene rings is 1. The van der Waals surface area contributed by atoms with E-state index in [0.717, 1.165) is 18.1 Å². The van der Waals surface area contributed by atoms with Crippen LogP contribution in [-0.2, 0) is 20.1 Å². The number of aromatic nitrogens is 2. The van der Waals surface area contributed by atoms with Crippen molar-refractivity contribution in [1.82, 2.24) is 19.8 Å². The lowest BCUT2D eigenvalue weighted by Crippen LogP contribution is -2.38. The lowest BCUT2D eigenvalue weighted by molar-refractivity contribution is 0.456. The second-order valence-electron chi connectivity index (χ2n) is 6.43. The molecular formula is C21H25FIN5O. The van der Waals surface area contributed by atoms with Gasteiger partial charge < -0.3 is 19.5 Å². The third-order valence-corrected chi connectivity index (χ3v) is 4.29. The molecule has 0 fully saturated rings. The van der Waals surface area contributed by atoms with Crippen LogP contribution in [0.2, 0.25) is 0 Å². The quantitative estimate of drug-likeness (QED) is 0.308. The third kappa shape index (κ3) is 6.45. The van der Waals surface area contributed by atoms with Gasteiger partial charge in [-0.2, -0.15) is 0 Å². The molecule has 0 saturated heterocycles. The van der Waals surface area contributed by atoms with Crippen molar-refractivity contribution >= 4 is 29.9 Å². The van der Waals surface area contributed by atoms with E-state index >= 15 is 0 Å². The van der Waals surface area contributed by atoms with Gasteiger partial charge >= 0.3 is 0 Å². The fourth-order valence-corrected chi connectivity index (χ4v) is 2.77. The van der Waals surface area contributed by atoms with Gasteiger partial charge in [0.1, 0.15) is 11.6 Å². The van der Waals surface area contributed by atoms with Crippen LogP contribution in [0.1, 0.15) is 11.3 Å². The monoisotopic (exact) mass is 509 g/mol. The van der Waals surface area contributed by atoms with Gasteiger partial charge in [-0.3, -0.25) is 4.99 Å². The number of guanidine groups is 1. The highest BCUT2D eigenvalue weighted by Crippen LogP contribution is 2.20. The number of aliphatic imine (C=N–C) groups is 1. The topological polar surface area (TPSA) is 54.7 Å². The van der Waals surface area contributed by atoms with E-state index in [0.29, 0.717) is 18.2 Å². The molecule has 1 N–H and O–H groups in total. The van der Waals surface area contributed by atoms with Crippen LogP contribution >= 0.6 is 24.0 Å². The zero-order valence-electron chi connectivity index (χ0n) is 16.7. The Morgan fingerprint density at radius 3 is 2.69 bits per heavy atom. The molecule has 0 aliphatic heterocycles. The Kier molecular flexibility index (Phi) is 8.44. The number of pyridine rings is 1. The van der Waals surface area contributed by atoms with E-state index in [2.05, 4.69) is 30.8 Å². The van der Waals surface area contributed by atoms with Crippen LogP contribution in [0.15, 0.2) is 65.9 Å². The van der Waals surface area contributed by atoms with Gasteiger partial charge in [0.2, 0.25) is 5.88 Å². The minimum absolute atomic E-state index is 0. The minimum atomic E-state index is -0.343. The minimum Gasteiger partial charge on any atom is -0.439 e. The van der Waals surface area contributed by atoms with Crippen molar-refractivity contribution in [2.24, 2.45) is 12.0 Å². The first-order chi connectivity index (χ1) is 13.5. The molecule has 0 saturated carbocycles. The molecule has 0 bridgehead atoms. The van der Waals surface area contributed by atoms with E-state index < -0.39 is 0 Å². The Morgan fingerprint density at radius 2 is 2.07 bits per heavy atom. The Hall–Kier alpha value is -2.62. The van der Waals surface area contributed by atoms with Gasteiger partial charge in [-0.25, -0.2) is 9.37 Å². The standard InChI is InChI=1S/C21H24FN5O.HI/c1-23-21(27(3)15-18-7-5-11-26(18)2)25-14-16-9-10-20(24-13-16)28-19-8-4-6-17(22)12-19;/h4-13H,14-15H2,1-3H3,(H,23,25);1H. The predicted octanol–water partition coefficient (Wildman–Crippen LogP) is 4.18. The average Bonchev–Trinajstić information content (AvgIpc) is 3.08. The lowest BCUT2D eigenvalue weighted by atomic mass is 10.3. The van der Waals surface area contributed by atoms with Crippen molar-refractivity contribution in [1.29, 1.82) is 0 Å². The fourth-order valence-electron chi connectivity index (χ4n) is 2.77. The molecule has 3 rings (SSSR count). The van der Waals surface area contributed by atoms with E-state index in [1.807, 2.05) is 32.4 Å². The second kappa shape index (κ2) is 10.8. The SMILES string of the molecule is CN=C(NCc1ccc(Oc2cccc(F)c2)nc1)N(C)Cc1cccn1C.I. The van der Waals surface area contributed by atoms with Crippen LogP contribution in [0.4, 0.5) is 4.39 Å². The van der Waals surface area contributed by atoms with Crippen LogP contribution in [0.25, 0.3) is 0 Å². The van der Waals surface area contributed by atoms with Crippen LogP contribution in [0.3, 0.4) is 0 Å². The number of hydrogen-bond acceptors (Lipinski definition) is 3. The first kappa shape index (κ1) is 22.7. The summed E-state index contributed by atoms with van der Waals surface area (Å²) in [6, 6.07) is 13.8. The average molecular weight is 509 g/mol. The number of nitrogens with zero attached hydrogens (tertiary/aromatic N) is 4. The van der Waals surface area contributed by atoms with Crippen LogP contribution in [-0.4, -0.2) is 34.5 Å². The summed E-state index contributed by atoms with van der Waals surface area (Å²) >= 11 is 0. The molecule has 8 heteroatoms. The van der Waals surface area contributed by atoms with Gasteiger partial charge in [0.25, 0.3) is 0 Å². The molecule has 2 aromatic heterocycles. The summed E-state index contributed by atoms with van der Waals surface area (Å²) in [5, 5.41) is 3.33. The number of ether oxygens (including phenoxy) is 1. The number of rotatable bonds is 6. The molecule has 154 valence electrons. The zero-order chi connectivity index (χ0) is 19.9. The van der Waals surface area contributed by atoms with E-state index in [1.165, 1.54) is 17.8 Å². The molecule has 3 aromatic rings. The van der Waals surface area contributed by atoms with Crippen molar-refractivity contribution in [2.45, 2.75) is 13.1 Å². The van der Waals surface area contributed by atoms with Gasteiger partial charge in [0.05, 0.1) is 6.54 Å². The molecule has 2 heterocycles. The first-order valence-electron chi connectivity index (χ1n) is 8.95. The highest BCUT2D eigenvalue weighted by molar-refractivity contribution is 14.0. The Balaban J connectivity index is 0.00000300. The van der Waals surface area contributed by atoms with E-state index in [1.54, 1.807) is 31.4 Å². The summed E-state index contributed by atoms with van der Waals surface area (Å²) in [4.78, 5) is 10.7. The molecule has 1 aromatic carbocycles. The van der Waals surface area contributed by atoms with Gasteiger partial charge in [0, 0.05) is 57.9 Å². The molecular weight excluding hydrogens is 484 g/mol. The van der Waals surface area contributed by atoms with E-state index in [-0.39, 0.29) is 29.8 Å². The van der Waals surface area contributed by atoms with Crippen molar-refractivity contribution in [2.75, 3.05) is 14.1 Å². The van der Waals surface area contributed by atoms with Crippen molar-refractivity contribution in [3.63, 3.8) is 0 Å². The maximum Gasteiger partial charge on any atom is 0.219 e. The van der Waals surface area contributed by atoms with Crippen molar-refractivity contribution in [3.8, 4) is 11.6 Å². The summed E-state index contributed by atoms with van der Waals surface area (Å²) in [6.07, 6.45) is 3.75. The summed E-state index contributed by atoms with van der Waals surface area (Å²) < 4.78 is 20.9. The maximum atomic E-state index is 13.2. The molecule has 0 amide bonds. The Morgan fingerprint density at radius 1 is 1.24 bits per heavy atom. The third-order valence-electron chi connectivity index (χ3n) is 4.29. The molecule has 0 unspecified atom stereocenters. The number of nitrogens with one attached hydrogen (secondary N) is 1. The molecule has 29 heavy (non-hydrogen) atoms.